The third-order valence-electron chi connectivity index (χ3n) is 4.33. The maximum atomic E-state index is 13.0. The maximum Gasteiger partial charge on any atom is 0.303 e. The average Bonchev–Trinajstić information content (AvgIpc) is 2.90. The number of carboxylic acid groups (broad SMARTS) is 1. The number of aliphatic carboxylic acids is 1. The summed E-state index contributed by atoms with van der Waals surface area (Å²) >= 11 is 0. The molecule has 0 unspecified atom stereocenters. The summed E-state index contributed by atoms with van der Waals surface area (Å²) < 4.78 is 18.3. The van der Waals surface area contributed by atoms with Gasteiger partial charge in [0.15, 0.2) is 0 Å². The van der Waals surface area contributed by atoms with Crippen molar-refractivity contribution in [1.82, 2.24) is 15.0 Å². The van der Waals surface area contributed by atoms with Gasteiger partial charge >= 0.3 is 5.97 Å². The Balaban J connectivity index is 1.58. The number of carboxylic acids is 1. The van der Waals surface area contributed by atoms with Gasteiger partial charge in [-0.15, -0.1) is 0 Å². The minimum atomic E-state index is -0.728. The second kappa shape index (κ2) is 7.53. The van der Waals surface area contributed by atoms with Crippen LogP contribution in [0, 0.1) is 11.7 Å². The molecule has 1 aliphatic heterocycles. The highest BCUT2D eigenvalue weighted by Gasteiger charge is 2.21. The molecular formula is C17H20FN3O3. The van der Waals surface area contributed by atoms with E-state index in [0.717, 1.165) is 32.4 Å². The normalized spacial score (nSPS) is 19.1. The van der Waals surface area contributed by atoms with Crippen LogP contribution in [-0.2, 0) is 11.3 Å². The lowest BCUT2D eigenvalue weighted by atomic mass is 9.97. The lowest BCUT2D eigenvalue weighted by Gasteiger charge is -2.17. The first-order chi connectivity index (χ1) is 11.6. The van der Waals surface area contributed by atoms with Gasteiger partial charge in [0.05, 0.1) is 6.54 Å². The van der Waals surface area contributed by atoms with Gasteiger partial charge in [0.1, 0.15) is 5.82 Å². The topological polar surface area (TPSA) is 79.5 Å². The summed E-state index contributed by atoms with van der Waals surface area (Å²) in [6.45, 7) is 2.27. The second-order valence-corrected chi connectivity index (χ2v) is 6.19. The van der Waals surface area contributed by atoms with Crippen LogP contribution in [0.3, 0.4) is 0 Å². The molecule has 1 aromatic carbocycles. The van der Waals surface area contributed by atoms with Gasteiger partial charge in [0.25, 0.3) is 0 Å². The zero-order valence-electron chi connectivity index (χ0n) is 13.3. The van der Waals surface area contributed by atoms with E-state index in [0.29, 0.717) is 23.8 Å². The molecule has 2 heterocycles. The first-order valence-electron chi connectivity index (χ1n) is 8.13. The lowest BCUT2D eigenvalue weighted by Crippen LogP contribution is -2.24. The van der Waals surface area contributed by atoms with E-state index in [2.05, 4.69) is 15.0 Å². The Morgan fingerprint density at radius 1 is 1.29 bits per heavy atom. The quantitative estimate of drug-likeness (QED) is 0.906. The molecule has 0 aliphatic carbocycles. The van der Waals surface area contributed by atoms with E-state index < -0.39 is 5.97 Å². The molecule has 0 saturated carbocycles. The number of nitrogens with zero attached hydrogens (tertiary/aromatic N) is 3. The van der Waals surface area contributed by atoms with E-state index in [1.54, 1.807) is 12.1 Å². The summed E-state index contributed by atoms with van der Waals surface area (Å²) in [5.41, 5.74) is 0.712. The highest BCUT2D eigenvalue weighted by molar-refractivity contribution is 5.67. The molecule has 0 amide bonds. The number of likely N-dealkylation sites (tertiary alicyclic amines) is 1. The smallest absolute Gasteiger partial charge is 0.303 e. The minimum Gasteiger partial charge on any atom is -0.481 e. The molecule has 1 atom stereocenters. The molecule has 1 aliphatic rings. The molecule has 7 heteroatoms. The molecular weight excluding hydrogens is 313 g/mol. The average molecular weight is 333 g/mol. The van der Waals surface area contributed by atoms with E-state index in [-0.39, 0.29) is 18.2 Å². The van der Waals surface area contributed by atoms with Gasteiger partial charge in [0.2, 0.25) is 11.7 Å². The number of hydrogen-bond acceptors (Lipinski definition) is 5. The zero-order valence-corrected chi connectivity index (χ0v) is 13.3. The van der Waals surface area contributed by atoms with Gasteiger partial charge in [-0.05, 0) is 62.5 Å². The highest BCUT2D eigenvalue weighted by atomic mass is 19.1. The summed E-state index contributed by atoms with van der Waals surface area (Å²) in [6, 6.07) is 5.96. The lowest BCUT2D eigenvalue weighted by molar-refractivity contribution is -0.138. The first kappa shape index (κ1) is 16.6. The highest BCUT2D eigenvalue weighted by Crippen LogP contribution is 2.22. The van der Waals surface area contributed by atoms with E-state index in [9.17, 15) is 9.18 Å². The van der Waals surface area contributed by atoms with Crippen molar-refractivity contribution in [2.24, 2.45) is 5.92 Å². The molecule has 0 spiro atoms. The predicted octanol–water partition coefficient (Wildman–Crippen LogP) is 2.95. The molecule has 24 heavy (non-hydrogen) atoms. The SMILES string of the molecule is O=C(O)C[C@H]1CCCN(Cc2nc(-c3ccc(F)cc3)no2)CC1. The number of halogens is 1. The summed E-state index contributed by atoms with van der Waals surface area (Å²) in [4.78, 5) is 17.4. The monoisotopic (exact) mass is 333 g/mol. The van der Waals surface area contributed by atoms with Crippen molar-refractivity contribution in [3.05, 3.63) is 36.0 Å². The molecule has 1 saturated heterocycles. The molecule has 3 rings (SSSR count). The summed E-state index contributed by atoms with van der Waals surface area (Å²) in [6.07, 6.45) is 3.01. The summed E-state index contributed by atoms with van der Waals surface area (Å²) in [7, 11) is 0. The Morgan fingerprint density at radius 2 is 2.08 bits per heavy atom. The fraction of sp³-hybridized carbons (Fsp3) is 0.471. The van der Waals surface area contributed by atoms with Crippen LogP contribution >= 0.6 is 0 Å². The zero-order chi connectivity index (χ0) is 16.9. The summed E-state index contributed by atoms with van der Waals surface area (Å²) in [5, 5.41) is 12.9. The van der Waals surface area contributed by atoms with Gasteiger partial charge in [-0.25, -0.2) is 4.39 Å². The van der Waals surface area contributed by atoms with Crippen molar-refractivity contribution in [2.45, 2.75) is 32.2 Å². The van der Waals surface area contributed by atoms with Crippen molar-refractivity contribution in [2.75, 3.05) is 13.1 Å². The van der Waals surface area contributed by atoms with E-state index in [1.165, 1.54) is 12.1 Å². The number of carbonyl (C=O) groups is 1. The van der Waals surface area contributed by atoms with Gasteiger partial charge in [-0.2, -0.15) is 4.98 Å². The number of hydrogen-bond donors (Lipinski definition) is 1. The van der Waals surface area contributed by atoms with Gasteiger partial charge in [-0.3, -0.25) is 9.69 Å². The molecule has 1 aromatic heterocycles. The number of rotatable bonds is 5. The Bertz CT molecular complexity index is 687. The van der Waals surface area contributed by atoms with Crippen molar-refractivity contribution < 1.29 is 18.8 Å². The van der Waals surface area contributed by atoms with Crippen LogP contribution < -0.4 is 0 Å². The van der Waals surface area contributed by atoms with E-state index in [4.69, 9.17) is 9.63 Å². The predicted molar refractivity (Wildman–Crippen MR) is 84.6 cm³/mol. The maximum absolute atomic E-state index is 13.0. The summed E-state index contributed by atoms with van der Waals surface area (Å²) in [5.74, 6) is 0.178. The molecule has 2 aromatic rings. The van der Waals surface area contributed by atoms with Crippen LogP contribution in [0.25, 0.3) is 11.4 Å². The Kier molecular flexibility index (Phi) is 5.20. The van der Waals surface area contributed by atoms with Crippen molar-refractivity contribution in [3.8, 4) is 11.4 Å². The number of aromatic nitrogens is 2. The Morgan fingerprint density at radius 3 is 2.83 bits per heavy atom. The van der Waals surface area contributed by atoms with Crippen LogP contribution in [0.4, 0.5) is 4.39 Å². The fourth-order valence-electron chi connectivity index (χ4n) is 3.06. The number of benzene rings is 1. The van der Waals surface area contributed by atoms with Gasteiger partial charge in [-0.1, -0.05) is 5.16 Å². The molecule has 0 bridgehead atoms. The molecule has 1 N–H and O–H groups in total. The van der Waals surface area contributed by atoms with Crippen molar-refractivity contribution in [3.63, 3.8) is 0 Å². The largest absolute Gasteiger partial charge is 0.481 e. The molecule has 1 fully saturated rings. The second-order valence-electron chi connectivity index (χ2n) is 6.19. The minimum absolute atomic E-state index is 0.239. The Labute approximate surface area is 139 Å². The molecule has 128 valence electrons. The van der Waals surface area contributed by atoms with Crippen LogP contribution in [0.2, 0.25) is 0 Å². The first-order valence-corrected chi connectivity index (χ1v) is 8.13. The van der Waals surface area contributed by atoms with Gasteiger partial charge in [0, 0.05) is 12.0 Å². The van der Waals surface area contributed by atoms with Crippen LogP contribution in [0.1, 0.15) is 31.6 Å². The van der Waals surface area contributed by atoms with E-state index >= 15 is 0 Å². The van der Waals surface area contributed by atoms with E-state index in [1.807, 2.05) is 0 Å². The van der Waals surface area contributed by atoms with Crippen molar-refractivity contribution >= 4 is 5.97 Å². The third-order valence-corrected chi connectivity index (χ3v) is 4.33. The Hall–Kier alpha value is -2.28. The third kappa shape index (κ3) is 4.38. The molecule has 0 radical (unpaired) electrons. The van der Waals surface area contributed by atoms with Crippen LogP contribution in [0.15, 0.2) is 28.8 Å². The fourth-order valence-corrected chi connectivity index (χ4v) is 3.06. The molecule has 6 nitrogen and oxygen atoms in total. The van der Waals surface area contributed by atoms with Crippen LogP contribution in [-0.4, -0.2) is 39.2 Å². The van der Waals surface area contributed by atoms with Gasteiger partial charge < -0.3 is 9.63 Å². The standard InChI is InChI=1S/C17H20FN3O3/c18-14-5-3-13(4-6-14)17-19-15(24-20-17)11-21-8-1-2-12(7-9-21)10-16(22)23/h3-6,12H,1-2,7-11H2,(H,22,23)/t12-/m0/s1. The van der Waals surface area contributed by atoms with Crippen molar-refractivity contribution in [1.29, 1.82) is 0 Å². The van der Waals surface area contributed by atoms with Crippen LogP contribution in [0.5, 0.6) is 0 Å².